The molecule has 0 spiro atoms. The van der Waals surface area contributed by atoms with Crippen molar-refractivity contribution in [3.63, 3.8) is 0 Å². The summed E-state index contributed by atoms with van der Waals surface area (Å²) >= 11 is 0. The maximum absolute atomic E-state index is 11.7. The van der Waals surface area contributed by atoms with Crippen molar-refractivity contribution in [2.75, 3.05) is 0 Å². The third kappa shape index (κ3) is 3.85. The molecule has 0 bridgehead atoms. The quantitative estimate of drug-likeness (QED) is 0.557. The average Bonchev–Trinajstić information content (AvgIpc) is 2.71. The van der Waals surface area contributed by atoms with E-state index in [4.69, 9.17) is 8.54 Å². The molecular weight excluding hydrogens is 348 g/mol. The predicted octanol–water partition coefficient (Wildman–Crippen LogP) is 4.63. The van der Waals surface area contributed by atoms with Crippen LogP contribution in [-0.2, 0) is 9.22 Å². The zero-order chi connectivity index (χ0) is 22.0. The molecule has 0 aromatic heterocycles. The molecule has 0 aliphatic heterocycles. The van der Waals surface area contributed by atoms with Crippen LogP contribution in [0.5, 0.6) is 0 Å². The van der Waals surface area contributed by atoms with Crippen molar-refractivity contribution in [2.45, 2.75) is 58.0 Å². The van der Waals surface area contributed by atoms with Gasteiger partial charge in [-0.1, -0.05) is 87.0 Å². The molecule has 0 N–H and O–H groups in total. The lowest BCUT2D eigenvalue weighted by atomic mass is 9.92. The van der Waals surface area contributed by atoms with Crippen LogP contribution >= 0.6 is 0 Å². The fraction of sp³-hybridized carbons (Fsp3) is 0.375. The van der Waals surface area contributed by atoms with Gasteiger partial charge in [-0.05, 0) is 40.7 Å². The minimum Gasteiger partial charge on any atom is -0.404 e. The monoisotopic (exact) mass is 381 g/mol. The van der Waals surface area contributed by atoms with Crippen molar-refractivity contribution in [1.82, 2.24) is 0 Å². The Morgan fingerprint density at radius 3 is 2.04 bits per heavy atom. The van der Waals surface area contributed by atoms with E-state index in [0.717, 1.165) is 0 Å². The first-order valence-electron chi connectivity index (χ1n) is 11.1. The topological polar surface area (TPSA) is 26.3 Å². The van der Waals surface area contributed by atoms with Crippen molar-refractivity contribution < 1.29 is 13.3 Å². The normalized spacial score (nSPS) is 20.6. The van der Waals surface area contributed by atoms with E-state index in [9.17, 15) is 4.79 Å². The first-order valence-corrected chi connectivity index (χ1v) is 11.5. The van der Waals surface area contributed by atoms with E-state index in [1.807, 2.05) is 36.4 Å². The highest BCUT2D eigenvalue weighted by Crippen LogP contribution is 2.39. The van der Waals surface area contributed by atoms with Gasteiger partial charge in [-0.25, -0.2) is 0 Å². The molecule has 3 heteroatoms. The minimum absolute atomic E-state index is 0.162. The van der Waals surface area contributed by atoms with Crippen LogP contribution in [-0.4, -0.2) is 20.7 Å². The number of benzene rings is 2. The number of hydrogen-bond acceptors (Lipinski definition) is 2. The molecule has 2 nitrogen and oxygen atoms in total. The van der Waals surface area contributed by atoms with Gasteiger partial charge in [0.25, 0.3) is 8.32 Å². The Hall–Kier alpha value is -1.97. The molecule has 2 aromatic carbocycles. The zero-order valence-corrected chi connectivity index (χ0v) is 17.4. The van der Waals surface area contributed by atoms with Gasteiger partial charge in [0, 0.05) is 10.5 Å². The molecular formula is C24H30O2Si. The minimum atomic E-state index is -2.73. The lowest BCUT2D eigenvalue weighted by Crippen LogP contribution is -2.67. The van der Waals surface area contributed by atoms with Crippen molar-refractivity contribution >= 4 is 25.0 Å². The Labute approximate surface area is 168 Å². The molecule has 0 fully saturated rings. The molecule has 0 heterocycles. The van der Waals surface area contributed by atoms with E-state index in [2.05, 4.69) is 45.0 Å². The van der Waals surface area contributed by atoms with Gasteiger partial charge in [0.1, 0.15) is 6.29 Å². The van der Waals surface area contributed by atoms with Crippen molar-refractivity contribution in [3.8, 4) is 0 Å². The van der Waals surface area contributed by atoms with Crippen LogP contribution in [0.1, 0.15) is 51.0 Å². The summed E-state index contributed by atoms with van der Waals surface area (Å²) in [6.45, 7) is 4.42. The number of aldehydes is 1. The van der Waals surface area contributed by atoms with Crippen LogP contribution in [0.15, 0.2) is 71.8 Å². The molecule has 1 aliphatic carbocycles. The molecule has 142 valence electrons. The standard InChI is InChI=1S/C24H30O2Si/c1-19-15-16-21(17-20(19)18-25)26-27(24(2,3)4,22-11-7-5-8-12-22)23-13-9-6-10-14-23/h5-14,18,21H,15-17H2,1-4H3/i1D3. The summed E-state index contributed by atoms with van der Waals surface area (Å²) in [5, 5.41) is 2.20. The van der Waals surface area contributed by atoms with Crippen molar-refractivity contribution in [2.24, 2.45) is 0 Å². The number of hydrogen-bond donors (Lipinski definition) is 0. The summed E-state index contributed by atoms with van der Waals surface area (Å²) < 4.78 is 30.3. The maximum Gasteiger partial charge on any atom is 0.261 e. The van der Waals surface area contributed by atoms with Gasteiger partial charge < -0.3 is 4.43 Å². The van der Waals surface area contributed by atoms with Gasteiger partial charge in [0.15, 0.2) is 0 Å². The Morgan fingerprint density at radius 1 is 1.04 bits per heavy atom. The lowest BCUT2D eigenvalue weighted by Gasteiger charge is -2.46. The smallest absolute Gasteiger partial charge is 0.261 e. The Morgan fingerprint density at radius 2 is 1.59 bits per heavy atom. The SMILES string of the molecule is [2H]C([2H])([2H])C1=C(C=O)CC(O[Si](c2ccccc2)(c2ccccc2)C(C)(C)C)CC1. The number of carbonyl (C=O) groups excluding carboxylic acids is 1. The highest BCUT2D eigenvalue weighted by molar-refractivity contribution is 6.99. The Kier molecular flexibility index (Phi) is 4.72. The van der Waals surface area contributed by atoms with E-state index < -0.39 is 15.2 Å². The highest BCUT2D eigenvalue weighted by Gasteiger charge is 2.51. The zero-order valence-electron chi connectivity index (χ0n) is 19.4. The third-order valence-electron chi connectivity index (χ3n) is 5.45. The van der Waals surface area contributed by atoms with Crippen LogP contribution in [0.25, 0.3) is 0 Å². The molecule has 2 aromatic rings. The van der Waals surface area contributed by atoms with E-state index in [-0.39, 0.29) is 11.1 Å². The van der Waals surface area contributed by atoms with Gasteiger partial charge in [0.2, 0.25) is 0 Å². The summed E-state index contributed by atoms with van der Waals surface area (Å²) in [6, 6.07) is 20.7. The van der Waals surface area contributed by atoms with E-state index >= 15 is 0 Å². The first-order chi connectivity index (χ1) is 14.1. The predicted molar refractivity (Wildman–Crippen MR) is 115 cm³/mol. The lowest BCUT2D eigenvalue weighted by molar-refractivity contribution is -0.105. The summed E-state index contributed by atoms with van der Waals surface area (Å²) in [5.41, 5.74) is 0.670. The second-order valence-corrected chi connectivity index (χ2v) is 12.5. The van der Waals surface area contributed by atoms with E-state index in [1.165, 1.54) is 10.4 Å². The summed E-state index contributed by atoms with van der Waals surface area (Å²) in [5.74, 6) is 0. The number of rotatable bonds is 5. The molecule has 0 radical (unpaired) electrons. The number of carbonyl (C=O) groups is 1. The fourth-order valence-electron chi connectivity index (χ4n) is 4.10. The largest absolute Gasteiger partial charge is 0.404 e. The van der Waals surface area contributed by atoms with Gasteiger partial charge in [-0.2, -0.15) is 0 Å². The summed E-state index contributed by atoms with van der Waals surface area (Å²) in [6.07, 6.45) is 1.84. The van der Waals surface area contributed by atoms with Gasteiger partial charge >= 0.3 is 0 Å². The number of allylic oxidation sites excluding steroid dienone is 1. The van der Waals surface area contributed by atoms with Crippen LogP contribution in [0.2, 0.25) is 5.04 Å². The fourth-order valence-corrected chi connectivity index (χ4v) is 8.81. The molecule has 0 amide bonds. The van der Waals surface area contributed by atoms with Crippen LogP contribution < -0.4 is 10.4 Å². The highest BCUT2D eigenvalue weighted by atomic mass is 28.4. The van der Waals surface area contributed by atoms with Gasteiger partial charge in [-0.3, -0.25) is 4.79 Å². The Bertz CT molecular complexity index is 860. The molecule has 3 rings (SSSR count). The van der Waals surface area contributed by atoms with Crippen LogP contribution in [0.3, 0.4) is 0 Å². The van der Waals surface area contributed by atoms with Gasteiger partial charge in [0.05, 0.1) is 6.10 Å². The maximum atomic E-state index is 11.7. The third-order valence-corrected chi connectivity index (χ3v) is 10.5. The van der Waals surface area contributed by atoms with Crippen molar-refractivity contribution in [3.05, 3.63) is 71.8 Å². The second kappa shape index (κ2) is 7.95. The average molecular weight is 382 g/mol. The summed E-state index contributed by atoms with van der Waals surface area (Å²) in [7, 11) is -2.73. The second-order valence-electron chi connectivity index (χ2n) is 8.27. The van der Waals surface area contributed by atoms with E-state index in [1.54, 1.807) is 0 Å². The van der Waals surface area contributed by atoms with Crippen LogP contribution in [0, 0.1) is 0 Å². The van der Waals surface area contributed by atoms with Gasteiger partial charge in [-0.15, -0.1) is 0 Å². The summed E-state index contributed by atoms with van der Waals surface area (Å²) in [4.78, 5) is 11.7. The first kappa shape index (κ1) is 16.0. The molecule has 0 saturated heterocycles. The Balaban J connectivity index is 2.09. The molecule has 0 saturated carbocycles. The van der Waals surface area contributed by atoms with Crippen molar-refractivity contribution in [1.29, 1.82) is 0 Å². The van der Waals surface area contributed by atoms with Crippen LogP contribution in [0.4, 0.5) is 0 Å². The van der Waals surface area contributed by atoms with E-state index in [0.29, 0.717) is 36.7 Å². The molecule has 27 heavy (non-hydrogen) atoms. The molecule has 1 atom stereocenters. The molecule has 1 aliphatic rings. The molecule has 1 unspecified atom stereocenters.